The largest absolute Gasteiger partial charge is 0.472 e. The number of hydrogen-bond donors (Lipinski definition) is 0. The number of likely N-dealkylation sites (tertiary alicyclic amines) is 1. The third-order valence-corrected chi connectivity index (χ3v) is 7.19. The number of ether oxygens (including phenoxy) is 1. The van der Waals surface area contributed by atoms with Gasteiger partial charge in [0.2, 0.25) is 5.88 Å². The number of carbonyl (C=O) groups is 1. The Balaban J connectivity index is 1.32. The third-order valence-electron chi connectivity index (χ3n) is 6.03. The third kappa shape index (κ3) is 3.62. The van der Waals surface area contributed by atoms with E-state index in [1.54, 1.807) is 17.7 Å². The minimum absolute atomic E-state index is 0.131. The van der Waals surface area contributed by atoms with Gasteiger partial charge in [0.15, 0.2) is 0 Å². The van der Waals surface area contributed by atoms with Gasteiger partial charge in [0.05, 0.1) is 5.39 Å². The highest BCUT2D eigenvalue weighted by Gasteiger charge is 2.24. The number of hydrogen-bond acceptors (Lipinski definition) is 5. The molecular weight excluding hydrogens is 382 g/mol. The highest BCUT2D eigenvalue weighted by Crippen LogP contribution is 2.40. The topological polar surface area (TPSA) is 55.3 Å². The minimum atomic E-state index is 0.131. The second kappa shape index (κ2) is 7.75. The van der Waals surface area contributed by atoms with Crippen molar-refractivity contribution in [1.29, 1.82) is 0 Å². The molecule has 1 aliphatic carbocycles. The number of amides is 1. The van der Waals surface area contributed by atoms with Gasteiger partial charge < -0.3 is 9.64 Å². The van der Waals surface area contributed by atoms with Crippen LogP contribution in [0.2, 0.25) is 0 Å². The lowest BCUT2D eigenvalue weighted by atomic mass is 9.89. The average molecular weight is 408 g/mol. The highest BCUT2D eigenvalue weighted by molar-refractivity contribution is 7.18. The van der Waals surface area contributed by atoms with E-state index in [4.69, 9.17) is 4.74 Å². The van der Waals surface area contributed by atoms with E-state index in [0.29, 0.717) is 12.5 Å². The quantitative estimate of drug-likeness (QED) is 0.633. The van der Waals surface area contributed by atoms with Gasteiger partial charge in [0.1, 0.15) is 17.8 Å². The van der Waals surface area contributed by atoms with Gasteiger partial charge in [-0.3, -0.25) is 4.79 Å². The van der Waals surface area contributed by atoms with Crippen molar-refractivity contribution in [2.24, 2.45) is 5.92 Å². The molecule has 1 atom stereocenters. The molecule has 2 aromatic heterocycles. The fourth-order valence-corrected chi connectivity index (χ4v) is 5.69. The number of fused-ring (bicyclic) bond motifs is 3. The Labute approximate surface area is 174 Å². The maximum Gasteiger partial charge on any atom is 0.253 e. The first-order valence-corrected chi connectivity index (χ1v) is 11.3. The highest BCUT2D eigenvalue weighted by atomic mass is 32.1. The van der Waals surface area contributed by atoms with E-state index in [-0.39, 0.29) is 5.91 Å². The first-order chi connectivity index (χ1) is 14.2. The number of benzene rings is 1. The van der Waals surface area contributed by atoms with E-state index in [1.807, 2.05) is 29.2 Å². The summed E-state index contributed by atoms with van der Waals surface area (Å²) in [5.74, 6) is 1.54. The molecule has 1 aromatic carbocycles. The molecule has 1 unspecified atom stereocenters. The van der Waals surface area contributed by atoms with Crippen LogP contribution in [-0.4, -0.2) is 33.9 Å². The second-order valence-corrected chi connectivity index (χ2v) is 9.28. The maximum absolute atomic E-state index is 12.5. The number of nitrogens with zero attached hydrogens (tertiary/aromatic N) is 3. The summed E-state index contributed by atoms with van der Waals surface area (Å²) in [7, 11) is 0. The summed E-state index contributed by atoms with van der Waals surface area (Å²) in [4.78, 5) is 25.8. The van der Waals surface area contributed by atoms with E-state index >= 15 is 0 Å². The van der Waals surface area contributed by atoms with Gasteiger partial charge in [-0.05, 0) is 61.3 Å². The number of aryl methyl sites for hydroxylation is 1. The van der Waals surface area contributed by atoms with Crippen LogP contribution in [0, 0.1) is 5.92 Å². The summed E-state index contributed by atoms with van der Waals surface area (Å²) in [6, 6.07) is 7.77. The molecule has 1 saturated heterocycles. The van der Waals surface area contributed by atoms with E-state index in [2.05, 4.69) is 16.9 Å². The van der Waals surface area contributed by atoms with Crippen molar-refractivity contribution < 1.29 is 9.53 Å². The standard InChI is InChI=1S/C23H25N3O2S/c1-15-4-9-18-19(12-15)29-22-20(18)21(24-14-25-22)28-13-16-5-7-17(8-6-16)23(27)26-10-2-3-11-26/h5-8,14-15H,2-4,9-13H2,1H3. The van der Waals surface area contributed by atoms with E-state index in [0.717, 1.165) is 66.0 Å². The Morgan fingerprint density at radius 1 is 1.21 bits per heavy atom. The van der Waals surface area contributed by atoms with Crippen molar-refractivity contribution in [3.05, 3.63) is 52.2 Å². The number of aromatic nitrogens is 2. The van der Waals surface area contributed by atoms with Crippen molar-refractivity contribution in [1.82, 2.24) is 14.9 Å². The molecule has 1 fully saturated rings. The van der Waals surface area contributed by atoms with Crippen LogP contribution in [0.15, 0.2) is 30.6 Å². The number of rotatable bonds is 4. The van der Waals surface area contributed by atoms with Gasteiger partial charge in [-0.2, -0.15) is 0 Å². The Kier molecular flexibility index (Phi) is 4.96. The molecule has 0 saturated carbocycles. The maximum atomic E-state index is 12.5. The van der Waals surface area contributed by atoms with Crippen LogP contribution in [0.4, 0.5) is 0 Å². The first kappa shape index (κ1) is 18.6. The lowest BCUT2D eigenvalue weighted by Crippen LogP contribution is -2.27. The van der Waals surface area contributed by atoms with Crippen molar-refractivity contribution in [2.45, 2.75) is 45.6 Å². The van der Waals surface area contributed by atoms with Crippen molar-refractivity contribution in [3.8, 4) is 5.88 Å². The summed E-state index contributed by atoms with van der Waals surface area (Å²) in [6.07, 6.45) is 7.23. The molecule has 0 radical (unpaired) electrons. The monoisotopic (exact) mass is 407 g/mol. The molecule has 0 N–H and O–H groups in total. The van der Waals surface area contributed by atoms with Gasteiger partial charge in [-0.25, -0.2) is 9.97 Å². The Morgan fingerprint density at radius 2 is 2.00 bits per heavy atom. The molecule has 0 spiro atoms. The predicted molar refractivity (Wildman–Crippen MR) is 115 cm³/mol. The van der Waals surface area contributed by atoms with Crippen LogP contribution in [-0.2, 0) is 19.4 Å². The Hall–Kier alpha value is -2.47. The zero-order chi connectivity index (χ0) is 19.8. The van der Waals surface area contributed by atoms with Crippen molar-refractivity contribution >= 4 is 27.5 Å². The molecule has 3 heterocycles. The molecule has 3 aromatic rings. The minimum Gasteiger partial charge on any atom is -0.472 e. The predicted octanol–water partition coefficient (Wildman–Crippen LogP) is 4.63. The van der Waals surface area contributed by atoms with E-state index in [9.17, 15) is 4.79 Å². The Morgan fingerprint density at radius 3 is 2.79 bits per heavy atom. The molecule has 5 nitrogen and oxygen atoms in total. The SMILES string of the molecule is CC1CCc2c(sc3ncnc(OCc4ccc(C(=O)N5CCCC5)cc4)c23)C1. The van der Waals surface area contributed by atoms with Gasteiger partial charge in [-0.1, -0.05) is 19.1 Å². The van der Waals surface area contributed by atoms with Crippen LogP contribution in [0.1, 0.15) is 52.5 Å². The molecule has 150 valence electrons. The van der Waals surface area contributed by atoms with Gasteiger partial charge in [0.25, 0.3) is 5.91 Å². The zero-order valence-electron chi connectivity index (χ0n) is 16.7. The second-order valence-electron chi connectivity index (χ2n) is 8.20. The Bertz CT molecular complexity index is 1040. The van der Waals surface area contributed by atoms with Crippen molar-refractivity contribution in [2.75, 3.05) is 13.1 Å². The van der Waals surface area contributed by atoms with E-state index in [1.165, 1.54) is 16.9 Å². The van der Waals surface area contributed by atoms with Gasteiger partial charge in [-0.15, -0.1) is 11.3 Å². The van der Waals surface area contributed by atoms with Crippen LogP contribution < -0.4 is 4.74 Å². The van der Waals surface area contributed by atoms with E-state index < -0.39 is 0 Å². The fraction of sp³-hybridized carbons (Fsp3) is 0.435. The van der Waals surface area contributed by atoms with Crippen LogP contribution >= 0.6 is 11.3 Å². The first-order valence-electron chi connectivity index (χ1n) is 10.5. The summed E-state index contributed by atoms with van der Waals surface area (Å²) < 4.78 is 6.12. The lowest BCUT2D eigenvalue weighted by molar-refractivity contribution is 0.0793. The molecule has 1 aliphatic heterocycles. The summed E-state index contributed by atoms with van der Waals surface area (Å²) in [6.45, 7) is 4.49. The normalized spacial score (nSPS) is 18.8. The molecule has 2 aliphatic rings. The average Bonchev–Trinajstić information content (AvgIpc) is 3.39. The van der Waals surface area contributed by atoms with Crippen LogP contribution in [0.3, 0.4) is 0 Å². The van der Waals surface area contributed by atoms with Crippen LogP contribution in [0.5, 0.6) is 5.88 Å². The number of thiophene rings is 1. The summed E-state index contributed by atoms with van der Waals surface area (Å²) in [5, 5.41) is 1.10. The molecule has 1 amide bonds. The molecule has 5 rings (SSSR count). The summed E-state index contributed by atoms with van der Waals surface area (Å²) in [5.41, 5.74) is 3.17. The summed E-state index contributed by atoms with van der Waals surface area (Å²) >= 11 is 1.78. The fourth-order valence-electron chi connectivity index (χ4n) is 4.35. The molecule has 0 bridgehead atoms. The number of carbonyl (C=O) groups excluding carboxylic acids is 1. The zero-order valence-corrected chi connectivity index (χ0v) is 17.5. The molecular formula is C23H25N3O2S. The molecule has 29 heavy (non-hydrogen) atoms. The molecule has 6 heteroatoms. The van der Waals surface area contributed by atoms with Crippen molar-refractivity contribution in [3.63, 3.8) is 0 Å². The van der Waals surface area contributed by atoms with Gasteiger partial charge in [0, 0.05) is 23.5 Å². The van der Waals surface area contributed by atoms with Crippen LogP contribution in [0.25, 0.3) is 10.2 Å². The lowest BCUT2D eigenvalue weighted by Gasteiger charge is -2.18. The smallest absolute Gasteiger partial charge is 0.253 e. The van der Waals surface area contributed by atoms with Gasteiger partial charge >= 0.3 is 0 Å².